The molecule has 0 saturated carbocycles. The molecule has 4 rings (SSSR count). The van der Waals surface area contributed by atoms with E-state index in [-0.39, 0.29) is 11.5 Å². The van der Waals surface area contributed by atoms with E-state index in [1.165, 1.54) is 17.8 Å². The fraction of sp³-hybridized carbons (Fsp3) is 0.0500. The smallest absolute Gasteiger partial charge is 0.337 e. The molecule has 1 aromatic heterocycles. The molecule has 2 N–H and O–H groups in total. The van der Waals surface area contributed by atoms with E-state index in [1.807, 2.05) is 48.2 Å². The number of aliphatic imine (C=N–C) groups is 1. The van der Waals surface area contributed by atoms with E-state index in [0.717, 1.165) is 16.5 Å². The molecule has 0 aliphatic carbocycles. The number of aryl methyl sites for hydroxylation is 1. The second-order valence-electron chi connectivity index (χ2n) is 6.02. The van der Waals surface area contributed by atoms with Gasteiger partial charge in [-0.3, -0.25) is 4.79 Å². The monoisotopic (exact) mass is 377 g/mol. The largest absolute Gasteiger partial charge is 0.478 e. The van der Waals surface area contributed by atoms with Gasteiger partial charge >= 0.3 is 5.97 Å². The number of benzene rings is 2. The molecule has 27 heavy (non-hydrogen) atoms. The Labute approximate surface area is 159 Å². The molecule has 1 amide bonds. The standard InChI is InChI=1S/C20H15N3O3S/c1-23-11-12(13-6-3-5-9-16(13)23)10-17-18(24)22-20(27-17)21-15-8-4-2-7-14(15)19(25)26/h2-11H,1H3,(H,25,26)(H,21,22,24)/b17-10-. The van der Waals surface area contributed by atoms with Gasteiger partial charge in [0.15, 0.2) is 5.17 Å². The lowest BCUT2D eigenvalue weighted by Crippen LogP contribution is -2.19. The van der Waals surface area contributed by atoms with Gasteiger partial charge in [0.1, 0.15) is 0 Å². The number of carboxylic acids is 1. The van der Waals surface area contributed by atoms with E-state index in [1.54, 1.807) is 18.2 Å². The summed E-state index contributed by atoms with van der Waals surface area (Å²) in [6.45, 7) is 0. The van der Waals surface area contributed by atoms with Crippen LogP contribution in [0.3, 0.4) is 0 Å². The van der Waals surface area contributed by atoms with Crippen molar-refractivity contribution in [1.82, 2.24) is 9.88 Å². The molecule has 7 heteroatoms. The summed E-state index contributed by atoms with van der Waals surface area (Å²) in [6.07, 6.45) is 3.80. The first-order valence-electron chi connectivity index (χ1n) is 8.19. The zero-order valence-electron chi connectivity index (χ0n) is 14.3. The summed E-state index contributed by atoms with van der Waals surface area (Å²) in [6, 6.07) is 14.4. The molecule has 1 saturated heterocycles. The highest BCUT2D eigenvalue weighted by Gasteiger charge is 2.25. The Balaban J connectivity index is 1.69. The molecule has 0 radical (unpaired) electrons. The van der Waals surface area contributed by atoms with Gasteiger partial charge in [-0.15, -0.1) is 0 Å². The average Bonchev–Trinajstić information content (AvgIpc) is 3.16. The number of fused-ring (bicyclic) bond motifs is 1. The molecule has 1 fully saturated rings. The number of nitrogens with zero attached hydrogens (tertiary/aromatic N) is 2. The molecule has 1 aliphatic heterocycles. The lowest BCUT2D eigenvalue weighted by Gasteiger charge is -2.00. The number of hydrogen-bond donors (Lipinski definition) is 2. The molecule has 3 aromatic rings. The first-order chi connectivity index (χ1) is 13.0. The van der Waals surface area contributed by atoms with Gasteiger partial charge in [-0.05, 0) is 36.0 Å². The lowest BCUT2D eigenvalue weighted by atomic mass is 10.1. The molecular formula is C20H15N3O3S. The van der Waals surface area contributed by atoms with Crippen molar-refractivity contribution in [1.29, 1.82) is 0 Å². The Kier molecular flexibility index (Phi) is 4.29. The number of nitrogens with one attached hydrogen (secondary N) is 1. The van der Waals surface area contributed by atoms with Crippen molar-refractivity contribution in [2.45, 2.75) is 0 Å². The second-order valence-corrected chi connectivity index (χ2v) is 7.05. The van der Waals surface area contributed by atoms with Crippen LogP contribution < -0.4 is 5.32 Å². The number of aromatic nitrogens is 1. The maximum Gasteiger partial charge on any atom is 0.337 e. The number of carbonyl (C=O) groups excluding carboxylic acids is 1. The predicted octanol–water partition coefficient (Wildman–Crippen LogP) is 3.77. The van der Waals surface area contributed by atoms with Gasteiger partial charge in [-0.25, -0.2) is 9.79 Å². The normalized spacial score (nSPS) is 17.0. The highest BCUT2D eigenvalue weighted by atomic mass is 32.2. The quantitative estimate of drug-likeness (QED) is 0.681. The summed E-state index contributed by atoms with van der Waals surface area (Å²) in [5.74, 6) is -1.31. The Morgan fingerprint density at radius 3 is 2.74 bits per heavy atom. The van der Waals surface area contributed by atoms with E-state index in [9.17, 15) is 14.7 Å². The highest BCUT2D eigenvalue weighted by molar-refractivity contribution is 8.18. The van der Waals surface area contributed by atoms with Crippen LogP contribution in [0.2, 0.25) is 0 Å². The number of amides is 1. The zero-order chi connectivity index (χ0) is 19.0. The highest BCUT2D eigenvalue weighted by Crippen LogP contribution is 2.31. The topological polar surface area (TPSA) is 83.7 Å². The number of hydrogen-bond acceptors (Lipinski definition) is 4. The molecular weight excluding hydrogens is 362 g/mol. The summed E-state index contributed by atoms with van der Waals surface area (Å²) in [4.78, 5) is 28.5. The van der Waals surface area contributed by atoms with E-state index in [0.29, 0.717) is 15.8 Å². The molecule has 134 valence electrons. The summed E-state index contributed by atoms with van der Waals surface area (Å²) in [7, 11) is 1.96. The van der Waals surface area contributed by atoms with Crippen molar-refractivity contribution < 1.29 is 14.7 Å². The minimum absolute atomic E-state index is 0.0892. The minimum atomic E-state index is -1.06. The predicted molar refractivity (Wildman–Crippen MR) is 107 cm³/mol. The van der Waals surface area contributed by atoms with Crippen LogP contribution in [0.5, 0.6) is 0 Å². The molecule has 0 bridgehead atoms. The van der Waals surface area contributed by atoms with Crippen LogP contribution in [0.25, 0.3) is 17.0 Å². The number of aromatic carboxylic acids is 1. The van der Waals surface area contributed by atoms with Crippen LogP contribution in [0.15, 0.2) is 64.6 Å². The Bertz CT molecular complexity index is 1140. The van der Waals surface area contributed by atoms with Crippen LogP contribution >= 0.6 is 11.8 Å². The maximum atomic E-state index is 12.3. The third-order valence-electron chi connectivity index (χ3n) is 4.22. The summed E-state index contributed by atoms with van der Waals surface area (Å²) < 4.78 is 2.01. The van der Waals surface area contributed by atoms with Crippen molar-refractivity contribution in [2.24, 2.45) is 12.0 Å². The van der Waals surface area contributed by atoms with Crippen molar-refractivity contribution >= 4 is 51.5 Å². The SMILES string of the molecule is Cn1cc(/C=C2\SC(=Nc3ccccc3C(=O)O)NC2=O)c2ccccc21. The zero-order valence-corrected chi connectivity index (χ0v) is 15.2. The molecule has 1 aliphatic rings. The Morgan fingerprint density at radius 2 is 1.93 bits per heavy atom. The number of para-hydroxylation sites is 2. The molecule has 0 atom stereocenters. The van der Waals surface area contributed by atoms with Crippen LogP contribution in [0.1, 0.15) is 15.9 Å². The minimum Gasteiger partial charge on any atom is -0.478 e. The number of carbonyl (C=O) groups is 2. The van der Waals surface area contributed by atoms with Crippen LogP contribution in [-0.4, -0.2) is 26.7 Å². The van der Waals surface area contributed by atoms with Crippen molar-refractivity contribution in [3.8, 4) is 0 Å². The van der Waals surface area contributed by atoms with Gasteiger partial charge in [0, 0.05) is 29.7 Å². The van der Waals surface area contributed by atoms with E-state index >= 15 is 0 Å². The Morgan fingerprint density at radius 1 is 1.19 bits per heavy atom. The van der Waals surface area contributed by atoms with Gasteiger partial charge in [-0.1, -0.05) is 30.3 Å². The molecule has 6 nitrogen and oxygen atoms in total. The van der Waals surface area contributed by atoms with Crippen molar-refractivity contribution in [2.75, 3.05) is 0 Å². The number of thioether (sulfide) groups is 1. The molecule has 0 spiro atoms. The fourth-order valence-electron chi connectivity index (χ4n) is 2.97. The van der Waals surface area contributed by atoms with Crippen LogP contribution in [-0.2, 0) is 11.8 Å². The molecule has 2 heterocycles. The molecule has 2 aromatic carbocycles. The van der Waals surface area contributed by atoms with E-state index < -0.39 is 5.97 Å². The third-order valence-corrected chi connectivity index (χ3v) is 5.13. The summed E-state index contributed by atoms with van der Waals surface area (Å²) in [5.41, 5.74) is 2.42. The first-order valence-corrected chi connectivity index (χ1v) is 9.00. The van der Waals surface area contributed by atoms with Gasteiger partial charge in [0.05, 0.1) is 16.2 Å². The van der Waals surface area contributed by atoms with Crippen LogP contribution in [0.4, 0.5) is 5.69 Å². The first kappa shape index (κ1) is 17.1. The number of carboxylic acid groups (broad SMARTS) is 1. The fourth-order valence-corrected chi connectivity index (χ4v) is 3.80. The average molecular weight is 377 g/mol. The second kappa shape index (κ2) is 6.77. The third kappa shape index (κ3) is 3.24. The maximum absolute atomic E-state index is 12.3. The summed E-state index contributed by atoms with van der Waals surface area (Å²) >= 11 is 1.19. The number of rotatable bonds is 3. The van der Waals surface area contributed by atoms with Crippen molar-refractivity contribution in [3.63, 3.8) is 0 Å². The van der Waals surface area contributed by atoms with Crippen LogP contribution in [0, 0.1) is 0 Å². The lowest BCUT2D eigenvalue weighted by molar-refractivity contribution is -0.115. The van der Waals surface area contributed by atoms with Gasteiger partial charge in [0.25, 0.3) is 5.91 Å². The van der Waals surface area contributed by atoms with Gasteiger partial charge in [0.2, 0.25) is 0 Å². The van der Waals surface area contributed by atoms with E-state index in [2.05, 4.69) is 10.3 Å². The van der Waals surface area contributed by atoms with E-state index in [4.69, 9.17) is 0 Å². The number of amidine groups is 1. The van der Waals surface area contributed by atoms with Gasteiger partial charge < -0.3 is 15.0 Å². The summed E-state index contributed by atoms with van der Waals surface area (Å²) in [5, 5.41) is 13.4. The molecule has 0 unspecified atom stereocenters. The Hall–Kier alpha value is -3.32. The van der Waals surface area contributed by atoms with Gasteiger partial charge in [-0.2, -0.15) is 0 Å². The van der Waals surface area contributed by atoms with Crippen molar-refractivity contribution in [3.05, 3.63) is 70.8 Å².